The summed E-state index contributed by atoms with van der Waals surface area (Å²) in [6.45, 7) is 3.56. The van der Waals surface area contributed by atoms with Crippen molar-refractivity contribution in [1.29, 1.82) is 0 Å². The van der Waals surface area contributed by atoms with E-state index >= 15 is 0 Å². The van der Waals surface area contributed by atoms with Crippen LogP contribution in [0, 0.1) is 9.39 Å². The predicted molar refractivity (Wildman–Crippen MR) is 154 cm³/mol. The number of hydrogen-bond acceptors (Lipinski definition) is 4. The Morgan fingerprint density at radius 2 is 1.61 bits per heavy atom. The van der Waals surface area contributed by atoms with Crippen LogP contribution in [0.4, 0.5) is 10.1 Å². The Balaban J connectivity index is 1.97. The number of benzene rings is 3. The van der Waals surface area contributed by atoms with E-state index in [1.165, 1.54) is 41.3 Å². The molecule has 3 aromatic carbocycles. The number of unbranched alkanes of at least 4 members (excludes halogenated alkanes) is 1. The molecule has 1 atom stereocenters. The lowest BCUT2D eigenvalue weighted by atomic mass is 10.1. The van der Waals surface area contributed by atoms with E-state index in [9.17, 15) is 22.4 Å². The largest absolute Gasteiger partial charge is 0.354 e. The first-order chi connectivity index (χ1) is 18.1. The van der Waals surface area contributed by atoms with Crippen LogP contribution in [-0.4, -0.2) is 44.3 Å². The number of carbonyl (C=O) groups is 2. The summed E-state index contributed by atoms with van der Waals surface area (Å²) in [7, 11) is -4.10. The van der Waals surface area contributed by atoms with E-state index in [2.05, 4.69) is 27.9 Å². The van der Waals surface area contributed by atoms with E-state index in [1.807, 2.05) is 6.92 Å². The number of hydrogen-bond donors (Lipinski definition) is 1. The Hall–Kier alpha value is -2.99. The molecule has 0 fully saturated rings. The predicted octanol–water partition coefficient (Wildman–Crippen LogP) is 4.96. The molecule has 0 saturated heterocycles. The molecule has 7 nitrogen and oxygen atoms in total. The van der Waals surface area contributed by atoms with Crippen LogP contribution in [0.25, 0.3) is 0 Å². The van der Waals surface area contributed by atoms with Gasteiger partial charge in [-0.1, -0.05) is 43.7 Å². The second-order valence-corrected chi connectivity index (χ2v) is 11.9. The normalized spacial score (nSPS) is 12.0. The van der Waals surface area contributed by atoms with Gasteiger partial charge in [0.2, 0.25) is 11.8 Å². The summed E-state index contributed by atoms with van der Waals surface area (Å²) >= 11 is 2.12. The first-order valence-corrected chi connectivity index (χ1v) is 14.8. The van der Waals surface area contributed by atoms with E-state index in [1.54, 1.807) is 49.4 Å². The number of anilines is 1. The maximum Gasteiger partial charge on any atom is 0.264 e. The standard InChI is InChI=1S/C28H31FIN3O4S/c1-3-4-18-31-28(35)21(2)32(19-22-10-12-23(29)13-11-22)27(34)20-33(25-16-14-24(30)15-17-25)38(36,37)26-8-6-5-7-9-26/h5-17,21H,3-4,18-20H2,1-2H3,(H,31,35)/t21-/m0/s1. The van der Waals surface area contributed by atoms with Crippen LogP contribution in [0.2, 0.25) is 0 Å². The summed E-state index contributed by atoms with van der Waals surface area (Å²) in [6.07, 6.45) is 1.69. The fourth-order valence-corrected chi connectivity index (χ4v) is 5.56. The van der Waals surface area contributed by atoms with Crippen LogP contribution in [0.5, 0.6) is 0 Å². The molecule has 0 heterocycles. The lowest BCUT2D eigenvalue weighted by molar-refractivity contribution is -0.139. The fourth-order valence-electron chi connectivity index (χ4n) is 3.76. The molecular weight excluding hydrogens is 620 g/mol. The smallest absolute Gasteiger partial charge is 0.264 e. The summed E-state index contributed by atoms with van der Waals surface area (Å²) in [6, 6.07) is 19.4. The van der Waals surface area contributed by atoms with Crippen LogP contribution in [0.1, 0.15) is 32.3 Å². The third-order valence-electron chi connectivity index (χ3n) is 5.99. The van der Waals surface area contributed by atoms with Gasteiger partial charge in [0.25, 0.3) is 10.0 Å². The molecule has 1 N–H and O–H groups in total. The minimum atomic E-state index is -4.10. The van der Waals surface area contributed by atoms with Gasteiger partial charge in [0, 0.05) is 16.7 Å². The second-order valence-electron chi connectivity index (χ2n) is 8.77. The van der Waals surface area contributed by atoms with Crippen molar-refractivity contribution < 1.29 is 22.4 Å². The first kappa shape index (κ1) is 29.6. The average Bonchev–Trinajstić information content (AvgIpc) is 2.92. The maximum absolute atomic E-state index is 13.8. The topological polar surface area (TPSA) is 86.8 Å². The molecule has 0 bridgehead atoms. The number of halogens is 2. The maximum atomic E-state index is 13.8. The van der Waals surface area contributed by atoms with E-state index in [-0.39, 0.29) is 17.3 Å². The number of nitrogens with one attached hydrogen (secondary N) is 1. The summed E-state index contributed by atoms with van der Waals surface area (Å²) in [5.74, 6) is -1.33. The van der Waals surface area contributed by atoms with Gasteiger partial charge in [-0.2, -0.15) is 0 Å². The monoisotopic (exact) mass is 651 g/mol. The SMILES string of the molecule is CCCCNC(=O)[C@H](C)N(Cc1ccc(F)cc1)C(=O)CN(c1ccc(I)cc1)S(=O)(=O)c1ccccc1. The summed E-state index contributed by atoms with van der Waals surface area (Å²) in [5.41, 5.74) is 0.934. The van der Waals surface area contributed by atoms with E-state index in [0.717, 1.165) is 20.7 Å². The molecular formula is C28H31FIN3O4S. The summed E-state index contributed by atoms with van der Waals surface area (Å²) < 4.78 is 42.8. The van der Waals surface area contributed by atoms with Crippen molar-refractivity contribution in [2.75, 3.05) is 17.4 Å². The lowest BCUT2D eigenvalue weighted by Crippen LogP contribution is -2.51. The van der Waals surface area contributed by atoms with E-state index in [4.69, 9.17) is 0 Å². The molecule has 0 aliphatic carbocycles. The summed E-state index contributed by atoms with van der Waals surface area (Å²) in [4.78, 5) is 28.1. The van der Waals surface area contributed by atoms with Crippen molar-refractivity contribution in [2.24, 2.45) is 0 Å². The third kappa shape index (κ3) is 7.76. The van der Waals surface area contributed by atoms with Crippen molar-refractivity contribution in [3.05, 3.63) is 93.8 Å². The molecule has 0 radical (unpaired) electrons. The molecule has 0 aliphatic rings. The van der Waals surface area contributed by atoms with Crippen molar-refractivity contribution in [3.8, 4) is 0 Å². The molecule has 2 amide bonds. The number of amides is 2. The van der Waals surface area contributed by atoms with Gasteiger partial charge in [-0.25, -0.2) is 12.8 Å². The highest BCUT2D eigenvalue weighted by Gasteiger charge is 2.32. The van der Waals surface area contributed by atoms with Gasteiger partial charge >= 0.3 is 0 Å². The molecule has 38 heavy (non-hydrogen) atoms. The lowest BCUT2D eigenvalue weighted by Gasteiger charge is -2.32. The number of carbonyl (C=O) groups excluding carboxylic acids is 2. The van der Waals surface area contributed by atoms with Gasteiger partial charge in [0.15, 0.2) is 0 Å². The Morgan fingerprint density at radius 3 is 2.21 bits per heavy atom. The molecule has 0 aliphatic heterocycles. The molecule has 3 rings (SSSR count). The van der Waals surface area contributed by atoms with Crippen molar-refractivity contribution in [2.45, 2.75) is 44.2 Å². The Morgan fingerprint density at radius 1 is 0.974 bits per heavy atom. The third-order valence-corrected chi connectivity index (χ3v) is 8.49. The van der Waals surface area contributed by atoms with Gasteiger partial charge in [-0.3, -0.25) is 13.9 Å². The Bertz CT molecular complexity index is 1320. The Labute approximate surface area is 237 Å². The number of rotatable bonds is 12. The second kappa shape index (κ2) is 13.7. The molecule has 202 valence electrons. The summed E-state index contributed by atoms with van der Waals surface area (Å²) in [5, 5.41) is 2.84. The number of nitrogens with zero attached hydrogens (tertiary/aromatic N) is 2. The zero-order valence-electron chi connectivity index (χ0n) is 21.3. The van der Waals surface area contributed by atoms with Crippen LogP contribution < -0.4 is 9.62 Å². The van der Waals surface area contributed by atoms with Crippen LogP contribution >= 0.6 is 22.6 Å². The number of sulfonamides is 1. The van der Waals surface area contributed by atoms with Gasteiger partial charge in [-0.05, 0) is 90.0 Å². The van der Waals surface area contributed by atoms with Crippen LogP contribution in [0.3, 0.4) is 0 Å². The molecule has 0 spiro atoms. The molecule has 10 heteroatoms. The minimum Gasteiger partial charge on any atom is -0.354 e. The van der Waals surface area contributed by atoms with Gasteiger partial charge in [0.05, 0.1) is 10.6 Å². The molecule has 0 aromatic heterocycles. The van der Waals surface area contributed by atoms with Crippen LogP contribution in [-0.2, 0) is 26.2 Å². The Kier molecular flexibility index (Phi) is 10.7. The van der Waals surface area contributed by atoms with E-state index < -0.39 is 34.3 Å². The first-order valence-electron chi connectivity index (χ1n) is 12.3. The molecule has 0 saturated carbocycles. The van der Waals surface area contributed by atoms with Crippen LogP contribution in [0.15, 0.2) is 83.8 Å². The quantitative estimate of drug-likeness (QED) is 0.222. The minimum absolute atomic E-state index is 0.00733. The molecule has 3 aromatic rings. The van der Waals surface area contributed by atoms with Gasteiger partial charge in [0.1, 0.15) is 18.4 Å². The van der Waals surface area contributed by atoms with Crippen molar-refractivity contribution >= 4 is 50.1 Å². The molecule has 0 unspecified atom stereocenters. The highest BCUT2D eigenvalue weighted by atomic mass is 127. The van der Waals surface area contributed by atoms with Gasteiger partial charge < -0.3 is 10.2 Å². The average molecular weight is 652 g/mol. The zero-order valence-corrected chi connectivity index (χ0v) is 24.3. The highest BCUT2D eigenvalue weighted by Crippen LogP contribution is 2.25. The van der Waals surface area contributed by atoms with Crippen molar-refractivity contribution in [3.63, 3.8) is 0 Å². The van der Waals surface area contributed by atoms with Gasteiger partial charge in [-0.15, -0.1) is 0 Å². The highest BCUT2D eigenvalue weighted by molar-refractivity contribution is 14.1. The zero-order chi connectivity index (χ0) is 27.7. The van der Waals surface area contributed by atoms with Crippen molar-refractivity contribution in [1.82, 2.24) is 10.2 Å². The van der Waals surface area contributed by atoms with E-state index in [0.29, 0.717) is 17.8 Å². The fraction of sp³-hybridized carbons (Fsp3) is 0.286.